The summed E-state index contributed by atoms with van der Waals surface area (Å²) in [7, 11) is 0. The summed E-state index contributed by atoms with van der Waals surface area (Å²) in [5.41, 5.74) is 3.52. The minimum absolute atomic E-state index is 0.118. The molecule has 0 bridgehead atoms. The number of amides is 1. The van der Waals surface area contributed by atoms with Gasteiger partial charge in [-0.2, -0.15) is 0 Å². The lowest BCUT2D eigenvalue weighted by Gasteiger charge is -2.34. The number of halogens is 5. The van der Waals surface area contributed by atoms with Crippen molar-refractivity contribution in [1.29, 1.82) is 0 Å². The van der Waals surface area contributed by atoms with Crippen LogP contribution in [-0.2, 0) is 17.8 Å². The van der Waals surface area contributed by atoms with Crippen molar-refractivity contribution in [1.82, 2.24) is 14.8 Å². The summed E-state index contributed by atoms with van der Waals surface area (Å²) >= 11 is 12.5. The SMILES string of the molecule is Cc1cc(C=CC(=O)N2CCN(Cc3ccc(OC(F)(F)F)cc3)CC2)cc(Cl)c1Oc1ccc(OCCc2ccc(Cl)cc2)cn1. The maximum Gasteiger partial charge on any atom is 0.573 e. The number of piperazine rings is 1. The molecule has 12 heteroatoms. The fraction of sp³-hybridized carbons (Fsp3) is 0.257. The Balaban J connectivity index is 1.08. The van der Waals surface area contributed by atoms with Crippen LogP contribution in [0.3, 0.4) is 0 Å². The molecule has 4 aromatic rings. The van der Waals surface area contributed by atoms with Gasteiger partial charge in [0, 0.05) is 56.3 Å². The van der Waals surface area contributed by atoms with Crippen LogP contribution in [0, 0.1) is 6.92 Å². The Hall–Kier alpha value is -4.25. The number of pyridine rings is 1. The van der Waals surface area contributed by atoms with E-state index in [1.807, 2.05) is 37.3 Å². The van der Waals surface area contributed by atoms with E-state index in [0.717, 1.165) is 28.7 Å². The van der Waals surface area contributed by atoms with Gasteiger partial charge in [0.1, 0.15) is 11.5 Å². The third kappa shape index (κ3) is 10.4. The molecule has 3 aromatic carbocycles. The average Bonchev–Trinajstić information content (AvgIpc) is 3.04. The van der Waals surface area contributed by atoms with Crippen molar-refractivity contribution in [2.24, 2.45) is 0 Å². The Morgan fingerprint density at radius 3 is 2.23 bits per heavy atom. The van der Waals surface area contributed by atoms with Crippen molar-refractivity contribution in [3.05, 3.63) is 117 Å². The number of benzene rings is 3. The van der Waals surface area contributed by atoms with Crippen molar-refractivity contribution in [2.75, 3.05) is 32.8 Å². The van der Waals surface area contributed by atoms with E-state index in [1.165, 1.54) is 18.2 Å². The van der Waals surface area contributed by atoms with E-state index >= 15 is 0 Å². The molecule has 1 aliphatic heterocycles. The second kappa shape index (κ2) is 15.6. The van der Waals surface area contributed by atoms with Crippen LogP contribution in [-0.4, -0.2) is 59.8 Å². The molecule has 0 spiro atoms. The Morgan fingerprint density at radius 2 is 1.60 bits per heavy atom. The van der Waals surface area contributed by atoms with Gasteiger partial charge in [-0.05, 0) is 77.7 Å². The summed E-state index contributed by atoms with van der Waals surface area (Å²) in [4.78, 5) is 21.1. The number of aromatic nitrogens is 1. The lowest BCUT2D eigenvalue weighted by molar-refractivity contribution is -0.274. The Morgan fingerprint density at radius 1 is 0.915 bits per heavy atom. The van der Waals surface area contributed by atoms with Crippen LogP contribution in [0.5, 0.6) is 23.1 Å². The van der Waals surface area contributed by atoms with E-state index in [1.54, 1.807) is 47.5 Å². The lowest BCUT2D eigenvalue weighted by Crippen LogP contribution is -2.47. The quantitative estimate of drug-likeness (QED) is 0.148. The van der Waals surface area contributed by atoms with Crippen LogP contribution in [0.25, 0.3) is 6.08 Å². The highest BCUT2D eigenvalue weighted by Gasteiger charge is 2.31. The second-order valence-corrected chi connectivity index (χ2v) is 11.8. The maximum atomic E-state index is 12.9. The number of hydrogen-bond acceptors (Lipinski definition) is 6. The molecule has 0 radical (unpaired) electrons. The van der Waals surface area contributed by atoms with Crippen LogP contribution in [0.15, 0.2) is 85.1 Å². The molecule has 0 N–H and O–H groups in total. The molecule has 2 heterocycles. The predicted octanol–water partition coefficient (Wildman–Crippen LogP) is 8.37. The van der Waals surface area contributed by atoms with Crippen molar-refractivity contribution < 1.29 is 32.2 Å². The molecule has 5 rings (SSSR count). The van der Waals surface area contributed by atoms with Gasteiger partial charge in [0.25, 0.3) is 0 Å². The number of carbonyl (C=O) groups is 1. The average molecular weight is 687 g/mol. The van der Waals surface area contributed by atoms with Crippen LogP contribution in [0.1, 0.15) is 22.3 Å². The zero-order valence-electron chi connectivity index (χ0n) is 25.5. The van der Waals surface area contributed by atoms with Crippen LogP contribution >= 0.6 is 23.2 Å². The minimum Gasteiger partial charge on any atom is -0.492 e. The monoisotopic (exact) mass is 685 g/mol. The second-order valence-electron chi connectivity index (χ2n) is 10.9. The molecule has 47 heavy (non-hydrogen) atoms. The molecule has 246 valence electrons. The summed E-state index contributed by atoms with van der Waals surface area (Å²) < 4.78 is 52.8. The number of aryl methyl sites for hydroxylation is 1. The van der Waals surface area contributed by atoms with E-state index in [2.05, 4.69) is 14.6 Å². The molecule has 1 amide bonds. The third-order valence-electron chi connectivity index (χ3n) is 7.41. The van der Waals surface area contributed by atoms with Gasteiger partial charge in [-0.25, -0.2) is 4.98 Å². The Labute approximate surface area is 281 Å². The minimum atomic E-state index is -4.72. The fourth-order valence-electron chi connectivity index (χ4n) is 4.99. The molecule has 0 aliphatic carbocycles. The van der Waals surface area contributed by atoms with E-state index in [0.29, 0.717) is 66.8 Å². The van der Waals surface area contributed by atoms with Gasteiger partial charge >= 0.3 is 6.36 Å². The summed E-state index contributed by atoms with van der Waals surface area (Å²) in [6.07, 6.45) is 0.854. The maximum absolute atomic E-state index is 12.9. The zero-order valence-corrected chi connectivity index (χ0v) is 27.0. The normalized spacial score (nSPS) is 14.0. The van der Waals surface area contributed by atoms with Gasteiger partial charge in [-0.15, -0.1) is 13.2 Å². The highest BCUT2D eigenvalue weighted by molar-refractivity contribution is 6.32. The molecule has 0 atom stereocenters. The molecule has 0 saturated carbocycles. The van der Waals surface area contributed by atoms with E-state index < -0.39 is 6.36 Å². The summed E-state index contributed by atoms with van der Waals surface area (Å²) in [5, 5.41) is 1.08. The van der Waals surface area contributed by atoms with Crippen LogP contribution in [0.4, 0.5) is 13.2 Å². The van der Waals surface area contributed by atoms with E-state index in [4.69, 9.17) is 32.7 Å². The first kappa shape index (κ1) is 34.1. The molecular formula is C35H32Cl2F3N3O4. The molecule has 1 aromatic heterocycles. The van der Waals surface area contributed by atoms with E-state index in [-0.39, 0.29) is 11.7 Å². The first-order valence-electron chi connectivity index (χ1n) is 14.9. The van der Waals surface area contributed by atoms with Gasteiger partial charge in [0.15, 0.2) is 5.75 Å². The number of alkyl halides is 3. The number of nitrogens with zero attached hydrogens (tertiary/aromatic N) is 3. The first-order chi connectivity index (χ1) is 22.5. The van der Waals surface area contributed by atoms with Gasteiger partial charge in [0.2, 0.25) is 11.8 Å². The number of ether oxygens (including phenoxy) is 3. The van der Waals surface area contributed by atoms with Gasteiger partial charge in [0.05, 0.1) is 17.8 Å². The number of hydrogen-bond donors (Lipinski definition) is 0. The standard InChI is InChI=1S/C35H32Cl2F3N3O4/c1-24-20-27(6-13-33(44)43-17-15-42(16-18-43)23-26-4-9-29(10-5-26)47-35(38,39)40)21-31(37)34(24)46-32-12-11-30(22-41-32)45-19-14-25-2-7-28(36)8-3-25/h2-13,20-22H,14-19,23H2,1H3. The van der Waals surface area contributed by atoms with Crippen molar-refractivity contribution >= 4 is 35.2 Å². The number of carbonyl (C=O) groups excluding carboxylic acids is 1. The molecular weight excluding hydrogens is 654 g/mol. The molecule has 1 fully saturated rings. The van der Waals surface area contributed by atoms with Crippen molar-refractivity contribution in [3.8, 4) is 23.1 Å². The summed E-state index contributed by atoms with van der Waals surface area (Å²) in [5.74, 6) is 1.08. The van der Waals surface area contributed by atoms with Crippen LogP contribution < -0.4 is 14.2 Å². The van der Waals surface area contributed by atoms with E-state index in [9.17, 15) is 18.0 Å². The fourth-order valence-corrected chi connectivity index (χ4v) is 5.43. The largest absolute Gasteiger partial charge is 0.573 e. The molecule has 0 unspecified atom stereocenters. The topological polar surface area (TPSA) is 64.1 Å². The Bertz CT molecular complexity index is 1650. The third-order valence-corrected chi connectivity index (χ3v) is 7.94. The Kier molecular flexibility index (Phi) is 11.3. The van der Waals surface area contributed by atoms with Crippen LogP contribution in [0.2, 0.25) is 10.0 Å². The number of rotatable bonds is 11. The summed E-state index contributed by atoms with van der Waals surface area (Å²) in [6.45, 7) is 5.27. The molecule has 1 aliphatic rings. The van der Waals surface area contributed by atoms with Gasteiger partial charge in [-0.1, -0.05) is 47.5 Å². The van der Waals surface area contributed by atoms with Gasteiger partial charge in [-0.3, -0.25) is 9.69 Å². The lowest BCUT2D eigenvalue weighted by atomic mass is 10.1. The highest BCUT2D eigenvalue weighted by Crippen LogP contribution is 2.34. The smallest absolute Gasteiger partial charge is 0.492 e. The van der Waals surface area contributed by atoms with Gasteiger partial charge < -0.3 is 19.1 Å². The van der Waals surface area contributed by atoms with Crippen molar-refractivity contribution in [3.63, 3.8) is 0 Å². The molecule has 7 nitrogen and oxygen atoms in total. The first-order valence-corrected chi connectivity index (χ1v) is 15.6. The zero-order chi connectivity index (χ0) is 33.4. The molecule has 1 saturated heterocycles. The highest BCUT2D eigenvalue weighted by atomic mass is 35.5. The summed E-state index contributed by atoms with van der Waals surface area (Å²) in [6, 6.07) is 20.6. The van der Waals surface area contributed by atoms with Crippen molar-refractivity contribution in [2.45, 2.75) is 26.3 Å². The predicted molar refractivity (Wildman–Crippen MR) is 175 cm³/mol.